The van der Waals surface area contributed by atoms with Gasteiger partial charge in [-0.3, -0.25) is 14.2 Å². The number of benzene rings is 2. The Morgan fingerprint density at radius 3 is 2.40 bits per heavy atom. The molecular weight excluding hydrogens is 338 g/mol. The Morgan fingerprint density at radius 1 is 1.12 bits per heavy atom. The first-order valence-electron chi connectivity index (χ1n) is 7.90. The minimum absolute atomic E-state index is 0.246. The third kappa shape index (κ3) is 3.05. The highest BCUT2D eigenvalue weighted by Crippen LogP contribution is 2.28. The second-order valence-corrected chi connectivity index (χ2v) is 6.78. The van der Waals surface area contributed by atoms with Gasteiger partial charge in [0.1, 0.15) is 5.75 Å². The first-order valence-corrected chi connectivity index (χ1v) is 8.27. The highest BCUT2D eigenvalue weighted by molar-refractivity contribution is 6.30. The van der Waals surface area contributed by atoms with Crippen LogP contribution in [0.15, 0.2) is 48.5 Å². The van der Waals surface area contributed by atoms with Crippen molar-refractivity contribution in [3.8, 4) is 5.75 Å². The standard InChI is InChI=1S/C20H18ClNO3/c1-13-17(12-23)16-6-4-5-7-18(16)22(13)19(24)20(2,3)25-15-10-8-14(21)9-11-15/h4-12H,1-3H3. The van der Waals surface area contributed by atoms with Crippen molar-refractivity contribution in [1.82, 2.24) is 4.57 Å². The van der Waals surface area contributed by atoms with Gasteiger partial charge in [-0.2, -0.15) is 0 Å². The van der Waals surface area contributed by atoms with E-state index in [1.807, 2.05) is 24.3 Å². The van der Waals surface area contributed by atoms with Crippen LogP contribution in [0.1, 0.15) is 34.7 Å². The molecule has 0 aliphatic rings. The molecule has 0 amide bonds. The molecule has 1 heterocycles. The molecule has 1 aromatic heterocycles. The number of carbonyl (C=O) groups excluding carboxylic acids is 2. The molecule has 0 aliphatic carbocycles. The molecule has 4 nitrogen and oxygen atoms in total. The molecule has 0 aliphatic heterocycles. The predicted molar refractivity (Wildman–Crippen MR) is 98.8 cm³/mol. The summed E-state index contributed by atoms with van der Waals surface area (Å²) in [6.07, 6.45) is 0.786. The fourth-order valence-electron chi connectivity index (χ4n) is 2.91. The molecule has 3 rings (SSSR count). The van der Waals surface area contributed by atoms with Crippen LogP contribution in [0.2, 0.25) is 5.02 Å². The average molecular weight is 356 g/mol. The Labute approximate surface area is 151 Å². The van der Waals surface area contributed by atoms with Gasteiger partial charge < -0.3 is 4.74 Å². The van der Waals surface area contributed by atoms with E-state index >= 15 is 0 Å². The Morgan fingerprint density at radius 2 is 1.76 bits per heavy atom. The van der Waals surface area contributed by atoms with Crippen LogP contribution in [0.5, 0.6) is 5.75 Å². The zero-order chi connectivity index (χ0) is 18.2. The Hall–Kier alpha value is -2.59. The SMILES string of the molecule is Cc1c(C=O)c2ccccc2n1C(=O)C(C)(C)Oc1ccc(Cl)cc1. The van der Waals surface area contributed by atoms with Crippen molar-refractivity contribution in [1.29, 1.82) is 0 Å². The van der Waals surface area contributed by atoms with E-state index in [1.54, 1.807) is 49.6 Å². The largest absolute Gasteiger partial charge is 0.478 e. The maximum absolute atomic E-state index is 13.2. The van der Waals surface area contributed by atoms with Gasteiger partial charge in [0, 0.05) is 21.7 Å². The predicted octanol–water partition coefficient (Wildman–Crippen LogP) is 4.91. The van der Waals surface area contributed by atoms with Gasteiger partial charge in [-0.05, 0) is 51.1 Å². The summed E-state index contributed by atoms with van der Waals surface area (Å²) >= 11 is 5.89. The molecule has 3 aromatic rings. The smallest absolute Gasteiger partial charge is 0.274 e. The Kier molecular flexibility index (Phi) is 4.39. The number of fused-ring (bicyclic) bond motifs is 1. The maximum Gasteiger partial charge on any atom is 0.274 e. The second kappa shape index (κ2) is 6.37. The van der Waals surface area contributed by atoms with Gasteiger partial charge in [0.15, 0.2) is 11.9 Å². The summed E-state index contributed by atoms with van der Waals surface area (Å²) in [6, 6.07) is 14.2. The lowest BCUT2D eigenvalue weighted by Gasteiger charge is -2.26. The van der Waals surface area contributed by atoms with Gasteiger partial charge in [-0.15, -0.1) is 0 Å². The number of hydrogen-bond acceptors (Lipinski definition) is 3. The quantitative estimate of drug-likeness (QED) is 0.624. The molecule has 0 N–H and O–H groups in total. The zero-order valence-corrected chi connectivity index (χ0v) is 15.0. The van der Waals surface area contributed by atoms with Gasteiger partial charge in [-0.25, -0.2) is 0 Å². The normalized spacial score (nSPS) is 11.5. The molecule has 25 heavy (non-hydrogen) atoms. The van der Waals surface area contributed by atoms with E-state index in [1.165, 1.54) is 0 Å². The Balaban J connectivity index is 2.05. The minimum Gasteiger partial charge on any atom is -0.478 e. The summed E-state index contributed by atoms with van der Waals surface area (Å²) in [5.74, 6) is 0.303. The van der Waals surface area contributed by atoms with Crippen LogP contribution in [0.4, 0.5) is 0 Å². The molecule has 0 fully saturated rings. The number of carbonyl (C=O) groups is 2. The monoisotopic (exact) mass is 355 g/mol. The lowest BCUT2D eigenvalue weighted by molar-refractivity contribution is 0.0491. The molecule has 0 saturated heterocycles. The lowest BCUT2D eigenvalue weighted by Crippen LogP contribution is -2.42. The van der Waals surface area contributed by atoms with Gasteiger partial charge in [0.2, 0.25) is 0 Å². The third-order valence-electron chi connectivity index (χ3n) is 4.18. The summed E-state index contributed by atoms with van der Waals surface area (Å²) in [5, 5.41) is 1.35. The van der Waals surface area contributed by atoms with Crippen LogP contribution < -0.4 is 4.74 Å². The van der Waals surface area contributed by atoms with Gasteiger partial charge >= 0.3 is 0 Å². The van der Waals surface area contributed by atoms with Gasteiger partial charge in [0.25, 0.3) is 5.91 Å². The van der Waals surface area contributed by atoms with Crippen molar-refractivity contribution in [3.05, 3.63) is 64.8 Å². The number of aromatic nitrogens is 1. The fourth-order valence-corrected chi connectivity index (χ4v) is 3.04. The van der Waals surface area contributed by atoms with Crippen LogP contribution in [0.25, 0.3) is 10.9 Å². The van der Waals surface area contributed by atoms with Crippen LogP contribution in [-0.2, 0) is 0 Å². The van der Waals surface area contributed by atoms with Crippen molar-refractivity contribution in [2.45, 2.75) is 26.4 Å². The summed E-state index contributed by atoms with van der Waals surface area (Å²) < 4.78 is 7.45. The molecule has 0 atom stereocenters. The average Bonchev–Trinajstić information content (AvgIpc) is 2.87. The molecule has 0 spiro atoms. The molecule has 0 bridgehead atoms. The van der Waals surface area contributed by atoms with Crippen molar-refractivity contribution in [3.63, 3.8) is 0 Å². The van der Waals surface area contributed by atoms with E-state index < -0.39 is 5.60 Å². The Bertz CT molecular complexity index is 955. The number of nitrogens with zero attached hydrogens (tertiary/aromatic N) is 1. The third-order valence-corrected chi connectivity index (χ3v) is 4.43. The summed E-state index contributed by atoms with van der Waals surface area (Å²) in [4.78, 5) is 24.7. The number of rotatable bonds is 4. The topological polar surface area (TPSA) is 48.3 Å². The first kappa shape index (κ1) is 17.2. The minimum atomic E-state index is -1.12. The van der Waals surface area contributed by atoms with Gasteiger partial charge in [0.05, 0.1) is 5.52 Å². The zero-order valence-electron chi connectivity index (χ0n) is 14.2. The van der Waals surface area contributed by atoms with E-state index in [9.17, 15) is 9.59 Å². The molecule has 0 saturated carbocycles. The molecular formula is C20H18ClNO3. The molecule has 128 valence electrons. The van der Waals surface area contributed by atoms with Crippen molar-refractivity contribution in [2.24, 2.45) is 0 Å². The number of halogens is 1. The second-order valence-electron chi connectivity index (χ2n) is 6.34. The van der Waals surface area contributed by atoms with E-state index in [-0.39, 0.29) is 5.91 Å². The molecule has 0 unspecified atom stereocenters. The van der Waals surface area contributed by atoms with E-state index in [0.29, 0.717) is 27.5 Å². The number of para-hydroxylation sites is 1. The van der Waals surface area contributed by atoms with Crippen molar-refractivity contribution >= 4 is 34.7 Å². The lowest BCUT2D eigenvalue weighted by atomic mass is 10.1. The first-order chi connectivity index (χ1) is 11.8. The van der Waals surface area contributed by atoms with Crippen LogP contribution in [-0.4, -0.2) is 22.4 Å². The van der Waals surface area contributed by atoms with E-state index in [2.05, 4.69) is 0 Å². The summed E-state index contributed by atoms with van der Waals surface area (Å²) in [6.45, 7) is 5.18. The molecule has 2 aromatic carbocycles. The van der Waals surface area contributed by atoms with Crippen LogP contribution in [0, 0.1) is 6.92 Å². The van der Waals surface area contributed by atoms with E-state index in [4.69, 9.17) is 16.3 Å². The van der Waals surface area contributed by atoms with E-state index in [0.717, 1.165) is 11.7 Å². The fraction of sp³-hybridized carbons (Fsp3) is 0.200. The molecule has 5 heteroatoms. The van der Waals surface area contributed by atoms with Crippen LogP contribution in [0.3, 0.4) is 0 Å². The highest BCUT2D eigenvalue weighted by atomic mass is 35.5. The molecule has 0 radical (unpaired) electrons. The number of ether oxygens (including phenoxy) is 1. The maximum atomic E-state index is 13.2. The van der Waals surface area contributed by atoms with Crippen molar-refractivity contribution < 1.29 is 14.3 Å². The number of hydrogen-bond donors (Lipinski definition) is 0. The number of aldehydes is 1. The summed E-state index contributed by atoms with van der Waals surface area (Å²) in [5.41, 5.74) is 0.695. The highest BCUT2D eigenvalue weighted by Gasteiger charge is 2.34. The van der Waals surface area contributed by atoms with Gasteiger partial charge in [-0.1, -0.05) is 29.8 Å². The van der Waals surface area contributed by atoms with Crippen molar-refractivity contribution in [2.75, 3.05) is 0 Å². The van der Waals surface area contributed by atoms with Crippen LogP contribution >= 0.6 is 11.6 Å². The summed E-state index contributed by atoms with van der Waals surface area (Å²) in [7, 11) is 0.